The summed E-state index contributed by atoms with van der Waals surface area (Å²) in [5.74, 6) is -1.30. The lowest BCUT2D eigenvalue weighted by Crippen LogP contribution is -2.45. The topological polar surface area (TPSA) is 104 Å². The highest BCUT2D eigenvalue weighted by Gasteiger charge is 2.30. The van der Waals surface area contributed by atoms with Gasteiger partial charge in [-0.05, 0) is 31.9 Å². The van der Waals surface area contributed by atoms with Gasteiger partial charge in [0.2, 0.25) is 0 Å². The fourth-order valence-corrected chi connectivity index (χ4v) is 2.82. The number of nitro groups is 1. The molecule has 1 unspecified atom stereocenters. The standard InChI is InChI=1S/C14H18N2O5/c1-14(19)6-3-7-15(9-14)8-10-4-2-5-11(16(20)21)12(10)13(17)18/h2,4-5,19H,3,6-9H2,1H3,(H,17,18). The molecule has 0 saturated carbocycles. The number of carboxylic acids is 1. The Balaban J connectivity index is 2.29. The second kappa shape index (κ2) is 5.79. The van der Waals surface area contributed by atoms with E-state index in [0.717, 1.165) is 13.0 Å². The SMILES string of the molecule is CC1(O)CCCN(Cc2cccc([N+](=O)[O-])c2C(=O)O)C1. The molecule has 1 aliphatic heterocycles. The predicted octanol–water partition coefficient (Wildman–Crippen LogP) is 1.64. The largest absolute Gasteiger partial charge is 0.477 e. The molecule has 1 aromatic rings. The first kappa shape index (κ1) is 15.4. The number of nitro benzene ring substituents is 1. The lowest BCUT2D eigenvalue weighted by atomic mass is 9.94. The van der Waals surface area contributed by atoms with Gasteiger partial charge in [-0.2, -0.15) is 0 Å². The van der Waals surface area contributed by atoms with Crippen LogP contribution in [0.15, 0.2) is 18.2 Å². The predicted molar refractivity (Wildman–Crippen MR) is 75.2 cm³/mol. The molecule has 0 aliphatic carbocycles. The highest BCUT2D eigenvalue weighted by atomic mass is 16.6. The Morgan fingerprint density at radius 1 is 1.52 bits per heavy atom. The van der Waals surface area contributed by atoms with Gasteiger partial charge in [-0.1, -0.05) is 12.1 Å². The van der Waals surface area contributed by atoms with Crippen LogP contribution in [0.5, 0.6) is 0 Å². The van der Waals surface area contributed by atoms with Crippen LogP contribution in [0.2, 0.25) is 0 Å². The molecule has 1 heterocycles. The summed E-state index contributed by atoms with van der Waals surface area (Å²) in [5.41, 5.74) is -1.08. The summed E-state index contributed by atoms with van der Waals surface area (Å²) in [4.78, 5) is 23.6. The Bertz CT molecular complexity index is 570. The minimum Gasteiger partial charge on any atom is -0.477 e. The van der Waals surface area contributed by atoms with Gasteiger partial charge in [-0.3, -0.25) is 15.0 Å². The van der Waals surface area contributed by atoms with Crippen molar-refractivity contribution in [3.8, 4) is 0 Å². The molecule has 1 saturated heterocycles. The van der Waals surface area contributed by atoms with Crippen molar-refractivity contribution in [2.24, 2.45) is 0 Å². The van der Waals surface area contributed by atoms with Gasteiger partial charge in [0.1, 0.15) is 5.56 Å². The summed E-state index contributed by atoms with van der Waals surface area (Å²) in [5, 5.41) is 30.3. The number of aromatic carboxylic acids is 1. The van der Waals surface area contributed by atoms with Crippen molar-refractivity contribution in [2.75, 3.05) is 13.1 Å². The van der Waals surface area contributed by atoms with Crippen LogP contribution in [-0.2, 0) is 6.54 Å². The molecule has 0 bridgehead atoms. The zero-order chi connectivity index (χ0) is 15.6. The van der Waals surface area contributed by atoms with Crippen molar-refractivity contribution in [1.82, 2.24) is 4.90 Å². The third-order valence-corrected chi connectivity index (χ3v) is 3.69. The molecule has 0 spiro atoms. The van der Waals surface area contributed by atoms with E-state index in [9.17, 15) is 25.1 Å². The van der Waals surface area contributed by atoms with Crippen molar-refractivity contribution >= 4 is 11.7 Å². The van der Waals surface area contributed by atoms with Gasteiger partial charge in [0.15, 0.2) is 0 Å². The number of carboxylic acid groups (broad SMARTS) is 1. The molecule has 0 aromatic heterocycles. The second-order valence-corrected chi connectivity index (χ2v) is 5.68. The van der Waals surface area contributed by atoms with E-state index in [1.807, 2.05) is 4.90 Å². The number of aliphatic hydroxyl groups is 1. The van der Waals surface area contributed by atoms with Crippen LogP contribution in [0.1, 0.15) is 35.7 Å². The Morgan fingerprint density at radius 3 is 2.81 bits per heavy atom. The molecule has 114 valence electrons. The summed E-state index contributed by atoms with van der Waals surface area (Å²) < 4.78 is 0. The molecule has 7 heteroatoms. The number of piperidine rings is 1. The minimum absolute atomic E-state index is 0.271. The lowest BCUT2D eigenvalue weighted by Gasteiger charge is -2.36. The van der Waals surface area contributed by atoms with E-state index in [-0.39, 0.29) is 12.1 Å². The normalized spacial score (nSPS) is 23.0. The number of hydrogen-bond acceptors (Lipinski definition) is 5. The van der Waals surface area contributed by atoms with Crippen molar-refractivity contribution in [1.29, 1.82) is 0 Å². The van der Waals surface area contributed by atoms with E-state index in [1.165, 1.54) is 12.1 Å². The number of rotatable bonds is 4. The molecule has 0 amide bonds. The van der Waals surface area contributed by atoms with E-state index in [2.05, 4.69) is 0 Å². The Labute approximate surface area is 122 Å². The zero-order valence-electron chi connectivity index (χ0n) is 11.8. The van der Waals surface area contributed by atoms with Gasteiger partial charge >= 0.3 is 5.97 Å². The first-order valence-electron chi connectivity index (χ1n) is 6.74. The van der Waals surface area contributed by atoms with Gasteiger partial charge in [0.05, 0.1) is 10.5 Å². The summed E-state index contributed by atoms with van der Waals surface area (Å²) in [7, 11) is 0. The van der Waals surface area contributed by atoms with E-state index in [4.69, 9.17) is 0 Å². The van der Waals surface area contributed by atoms with Crippen molar-refractivity contribution in [3.63, 3.8) is 0 Å². The van der Waals surface area contributed by atoms with E-state index >= 15 is 0 Å². The lowest BCUT2D eigenvalue weighted by molar-refractivity contribution is -0.385. The van der Waals surface area contributed by atoms with Gasteiger partial charge in [-0.15, -0.1) is 0 Å². The van der Waals surface area contributed by atoms with Crippen LogP contribution >= 0.6 is 0 Å². The van der Waals surface area contributed by atoms with E-state index in [1.54, 1.807) is 13.0 Å². The number of carbonyl (C=O) groups is 1. The Hall–Kier alpha value is -1.99. The van der Waals surface area contributed by atoms with Gasteiger partial charge in [0.25, 0.3) is 5.69 Å². The summed E-state index contributed by atoms with van der Waals surface area (Å²) >= 11 is 0. The van der Waals surface area contributed by atoms with Crippen LogP contribution in [0.3, 0.4) is 0 Å². The number of likely N-dealkylation sites (tertiary alicyclic amines) is 1. The number of hydrogen-bond donors (Lipinski definition) is 2. The summed E-state index contributed by atoms with van der Waals surface area (Å²) in [6.45, 7) is 3.18. The molecule has 21 heavy (non-hydrogen) atoms. The number of nitrogens with zero attached hydrogens (tertiary/aromatic N) is 2. The number of benzene rings is 1. The maximum atomic E-state index is 11.3. The fraction of sp³-hybridized carbons (Fsp3) is 0.500. The Morgan fingerprint density at radius 2 is 2.24 bits per heavy atom. The van der Waals surface area contributed by atoms with Crippen LogP contribution in [0.25, 0.3) is 0 Å². The van der Waals surface area contributed by atoms with Gasteiger partial charge in [0, 0.05) is 19.2 Å². The smallest absolute Gasteiger partial charge is 0.343 e. The third-order valence-electron chi connectivity index (χ3n) is 3.69. The van der Waals surface area contributed by atoms with E-state index < -0.39 is 22.2 Å². The van der Waals surface area contributed by atoms with Crippen molar-refractivity contribution in [2.45, 2.75) is 31.9 Å². The average molecular weight is 294 g/mol. The summed E-state index contributed by atoms with van der Waals surface area (Å²) in [6.07, 6.45) is 1.51. The monoisotopic (exact) mass is 294 g/mol. The molecule has 1 aromatic carbocycles. The van der Waals surface area contributed by atoms with Crippen LogP contribution in [0.4, 0.5) is 5.69 Å². The highest BCUT2D eigenvalue weighted by Crippen LogP contribution is 2.26. The summed E-state index contributed by atoms with van der Waals surface area (Å²) in [6, 6.07) is 4.26. The third kappa shape index (κ3) is 3.56. The molecule has 7 nitrogen and oxygen atoms in total. The quantitative estimate of drug-likeness (QED) is 0.646. The van der Waals surface area contributed by atoms with Gasteiger partial charge in [-0.25, -0.2) is 4.79 Å². The molecule has 2 rings (SSSR count). The van der Waals surface area contributed by atoms with E-state index in [0.29, 0.717) is 18.5 Å². The molecule has 1 fully saturated rings. The second-order valence-electron chi connectivity index (χ2n) is 5.68. The maximum Gasteiger partial charge on any atom is 0.343 e. The molecule has 0 radical (unpaired) electrons. The van der Waals surface area contributed by atoms with Crippen LogP contribution in [-0.4, -0.2) is 44.7 Å². The maximum absolute atomic E-state index is 11.3. The average Bonchev–Trinajstić information content (AvgIpc) is 2.36. The Kier molecular flexibility index (Phi) is 4.24. The molecular weight excluding hydrogens is 276 g/mol. The molecular formula is C14H18N2O5. The number of β-amino-alcohol motifs (C(OH)–C–C–N with tert-alkyl or cyclic N) is 1. The molecule has 2 N–H and O–H groups in total. The first-order chi connectivity index (χ1) is 9.80. The van der Waals surface area contributed by atoms with Crippen LogP contribution < -0.4 is 0 Å². The first-order valence-corrected chi connectivity index (χ1v) is 6.74. The van der Waals surface area contributed by atoms with Crippen molar-refractivity contribution < 1.29 is 19.9 Å². The molecule has 1 aliphatic rings. The zero-order valence-corrected chi connectivity index (χ0v) is 11.8. The fourth-order valence-electron chi connectivity index (χ4n) is 2.82. The highest BCUT2D eigenvalue weighted by molar-refractivity contribution is 5.94. The van der Waals surface area contributed by atoms with Crippen molar-refractivity contribution in [3.05, 3.63) is 39.4 Å². The minimum atomic E-state index is -1.30. The van der Waals surface area contributed by atoms with Gasteiger partial charge < -0.3 is 10.2 Å². The molecule has 1 atom stereocenters. The van der Waals surface area contributed by atoms with Crippen LogP contribution in [0, 0.1) is 10.1 Å².